The van der Waals surface area contributed by atoms with Crippen molar-refractivity contribution in [1.29, 1.82) is 0 Å². The molecule has 7 atom stereocenters. The zero-order chi connectivity index (χ0) is 25.0. The van der Waals surface area contributed by atoms with Crippen LogP contribution in [0, 0.1) is 35.5 Å². The van der Waals surface area contributed by atoms with E-state index in [9.17, 15) is 4.79 Å². The second-order valence-electron chi connectivity index (χ2n) is 13.6. The molecule has 0 N–H and O–H groups in total. The fourth-order valence-corrected chi connectivity index (χ4v) is 11.3. The summed E-state index contributed by atoms with van der Waals surface area (Å²) in [6, 6.07) is 10.6. The highest BCUT2D eigenvalue weighted by Gasteiger charge is 2.61. The molecule has 0 aromatic heterocycles. The van der Waals surface area contributed by atoms with E-state index in [2.05, 4.69) is 71.1 Å². The topological polar surface area (TPSA) is 26.3 Å². The summed E-state index contributed by atoms with van der Waals surface area (Å²) in [7, 11) is -1.64. The molecule has 192 valence electrons. The van der Waals surface area contributed by atoms with E-state index in [4.69, 9.17) is 4.43 Å². The molecule has 1 aromatic rings. The number of rotatable bonds is 6. The number of unbranched alkanes of at least 4 members (excludes halogenated alkanes) is 1. The first kappa shape index (κ1) is 25.5. The third kappa shape index (κ3) is 4.43. The van der Waals surface area contributed by atoms with Gasteiger partial charge in [-0.05, 0) is 92.3 Å². The second-order valence-corrected chi connectivity index (χ2v) is 17.9. The summed E-state index contributed by atoms with van der Waals surface area (Å²) in [5.41, 5.74) is 4.74. The Morgan fingerprint density at radius 3 is 2.49 bits per heavy atom. The third-order valence-corrected chi connectivity index (χ3v) is 13.4. The van der Waals surface area contributed by atoms with Gasteiger partial charge in [-0.1, -0.05) is 75.1 Å². The molecule has 0 saturated heterocycles. The molecule has 5 rings (SSSR count). The SMILES string of the molecule is CCCC[Si](C)(C)OC1CC[C@H]2[C@@H]3C(c4ccc(C)cc4)C=C4CC(=O)CC[C@]4(C)[C@@H]3CC[C@]12C. The molecule has 0 radical (unpaired) electrons. The molecule has 0 bridgehead atoms. The molecule has 35 heavy (non-hydrogen) atoms. The molecule has 1 aromatic carbocycles. The number of carbonyl (C=O) groups excluding carboxylic acids is 1. The van der Waals surface area contributed by atoms with Gasteiger partial charge in [0, 0.05) is 18.8 Å². The van der Waals surface area contributed by atoms with E-state index in [1.54, 1.807) is 0 Å². The van der Waals surface area contributed by atoms with E-state index < -0.39 is 8.32 Å². The Bertz CT molecular complexity index is 978. The number of hydrogen-bond donors (Lipinski definition) is 0. The molecular weight excluding hydrogens is 444 g/mol. The minimum atomic E-state index is -1.64. The Morgan fingerprint density at radius 1 is 1.03 bits per heavy atom. The molecule has 0 heterocycles. The molecule has 4 aliphatic carbocycles. The van der Waals surface area contributed by atoms with Gasteiger partial charge < -0.3 is 4.43 Å². The fraction of sp³-hybridized carbons (Fsp3) is 0.719. The van der Waals surface area contributed by atoms with Crippen LogP contribution in [0.4, 0.5) is 0 Å². The van der Waals surface area contributed by atoms with Crippen LogP contribution in [0.2, 0.25) is 19.1 Å². The fourth-order valence-electron chi connectivity index (χ4n) is 8.80. The summed E-state index contributed by atoms with van der Waals surface area (Å²) in [6.45, 7) is 14.5. The lowest BCUT2D eigenvalue weighted by Crippen LogP contribution is -2.54. The van der Waals surface area contributed by atoms with Crippen LogP contribution in [0.1, 0.15) is 95.6 Å². The maximum absolute atomic E-state index is 12.5. The Hall–Kier alpha value is -1.19. The van der Waals surface area contributed by atoms with Crippen molar-refractivity contribution < 1.29 is 9.22 Å². The molecule has 3 fully saturated rings. The summed E-state index contributed by atoms with van der Waals surface area (Å²) in [5.74, 6) is 2.93. The maximum atomic E-state index is 12.5. The van der Waals surface area contributed by atoms with E-state index in [1.165, 1.54) is 61.3 Å². The molecule has 3 heteroatoms. The highest BCUT2D eigenvalue weighted by molar-refractivity contribution is 6.71. The van der Waals surface area contributed by atoms with Gasteiger partial charge >= 0.3 is 0 Å². The molecule has 0 spiro atoms. The Labute approximate surface area is 215 Å². The van der Waals surface area contributed by atoms with Crippen LogP contribution in [0.5, 0.6) is 0 Å². The molecule has 3 saturated carbocycles. The van der Waals surface area contributed by atoms with Crippen LogP contribution < -0.4 is 0 Å². The van der Waals surface area contributed by atoms with Crippen LogP contribution in [0.3, 0.4) is 0 Å². The van der Waals surface area contributed by atoms with Crippen LogP contribution in [-0.2, 0) is 9.22 Å². The van der Waals surface area contributed by atoms with Gasteiger partial charge in [0.2, 0.25) is 0 Å². The average molecular weight is 493 g/mol. The van der Waals surface area contributed by atoms with E-state index >= 15 is 0 Å². The highest BCUT2D eigenvalue weighted by atomic mass is 28.4. The first-order valence-corrected chi connectivity index (χ1v) is 17.7. The number of allylic oxidation sites excluding steroid dienone is 2. The van der Waals surface area contributed by atoms with Gasteiger partial charge in [-0.15, -0.1) is 0 Å². The Morgan fingerprint density at radius 2 is 1.77 bits per heavy atom. The summed E-state index contributed by atoms with van der Waals surface area (Å²) in [5, 5.41) is 0. The minimum Gasteiger partial charge on any atom is -0.414 e. The number of aryl methyl sites for hydroxylation is 1. The molecular formula is C32H48O2Si. The Kier molecular flexibility index (Phi) is 6.75. The zero-order valence-corrected chi connectivity index (χ0v) is 24.2. The molecule has 2 unspecified atom stereocenters. The quantitative estimate of drug-likeness (QED) is 0.293. The van der Waals surface area contributed by atoms with Crippen molar-refractivity contribution >= 4 is 14.1 Å². The number of Topliss-reactive ketones (excluding diaryl/α,β-unsaturated/α-hetero) is 1. The van der Waals surface area contributed by atoms with Crippen LogP contribution in [-0.4, -0.2) is 20.2 Å². The lowest BCUT2D eigenvalue weighted by molar-refractivity contribution is -0.123. The van der Waals surface area contributed by atoms with Gasteiger partial charge in [0.15, 0.2) is 8.32 Å². The van der Waals surface area contributed by atoms with Gasteiger partial charge in [-0.25, -0.2) is 0 Å². The number of hydrogen-bond acceptors (Lipinski definition) is 2. The van der Waals surface area contributed by atoms with E-state index in [0.29, 0.717) is 42.0 Å². The van der Waals surface area contributed by atoms with E-state index in [-0.39, 0.29) is 10.8 Å². The predicted molar refractivity (Wildman–Crippen MR) is 148 cm³/mol. The largest absolute Gasteiger partial charge is 0.414 e. The lowest BCUT2D eigenvalue weighted by atomic mass is 9.45. The molecule has 2 nitrogen and oxygen atoms in total. The monoisotopic (exact) mass is 492 g/mol. The lowest BCUT2D eigenvalue weighted by Gasteiger charge is -2.59. The summed E-state index contributed by atoms with van der Waals surface area (Å²) in [6.07, 6.45) is 13.2. The van der Waals surface area contributed by atoms with Gasteiger partial charge in [0.05, 0.1) is 6.10 Å². The van der Waals surface area contributed by atoms with Crippen molar-refractivity contribution in [2.45, 2.75) is 117 Å². The Balaban J connectivity index is 1.51. The molecule has 0 aliphatic heterocycles. The minimum absolute atomic E-state index is 0.204. The number of ketones is 1. The van der Waals surface area contributed by atoms with Crippen LogP contribution in [0.25, 0.3) is 0 Å². The van der Waals surface area contributed by atoms with Gasteiger partial charge in [0.25, 0.3) is 0 Å². The normalized spacial score (nSPS) is 39.0. The summed E-state index contributed by atoms with van der Waals surface area (Å²) >= 11 is 0. The van der Waals surface area contributed by atoms with Gasteiger partial charge in [-0.3, -0.25) is 4.79 Å². The standard InChI is InChI=1S/C32H48O2Si/c1-7-8-19-35(5,6)34-29-14-13-27-30-26(23-11-9-22(2)10-12-23)21-24-20-25(33)15-17-31(24,3)28(30)16-18-32(27,29)4/h9-12,21,26-30H,7-8,13-20H2,1-6H3/t26?,27-,28+,29?,30-,31-,32-/m0/s1. The van der Waals surface area contributed by atoms with Gasteiger partial charge in [0.1, 0.15) is 5.78 Å². The molecule has 0 amide bonds. The maximum Gasteiger partial charge on any atom is 0.187 e. The first-order chi connectivity index (χ1) is 16.6. The second kappa shape index (κ2) is 9.28. The summed E-state index contributed by atoms with van der Waals surface area (Å²) < 4.78 is 7.13. The van der Waals surface area contributed by atoms with Crippen LogP contribution in [0.15, 0.2) is 35.9 Å². The van der Waals surface area contributed by atoms with E-state index in [1.807, 2.05) is 0 Å². The predicted octanol–water partition coefficient (Wildman–Crippen LogP) is 8.61. The zero-order valence-electron chi connectivity index (χ0n) is 23.2. The van der Waals surface area contributed by atoms with Crippen molar-refractivity contribution in [2.75, 3.05) is 0 Å². The smallest absolute Gasteiger partial charge is 0.187 e. The molecule has 4 aliphatic rings. The van der Waals surface area contributed by atoms with Crippen molar-refractivity contribution in [1.82, 2.24) is 0 Å². The van der Waals surface area contributed by atoms with Crippen molar-refractivity contribution in [3.63, 3.8) is 0 Å². The summed E-state index contributed by atoms with van der Waals surface area (Å²) in [4.78, 5) is 12.5. The number of fused-ring (bicyclic) bond motifs is 5. The van der Waals surface area contributed by atoms with Gasteiger partial charge in [-0.2, -0.15) is 0 Å². The number of benzene rings is 1. The average Bonchev–Trinajstić information content (AvgIpc) is 3.14. The highest BCUT2D eigenvalue weighted by Crippen LogP contribution is 2.67. The van der Waals surface area contributed by atoms with Crippen molar-refractivity contribution in [3.05, 3.63) is 47.0 Å². The van der Waals surface area contributed by atoms with Crippen molar-refractivity contribution in [3.8, 4) is 0 Å². The number of carbonyl (C=O) groups is 1. The van der Waals surface area contributed by atoms with Crippen molar-refractivity contribution in [2.24, 2.45) is 28.6 Å². The first-order valence-electron chi connectivity index (χ1n) is 14.5. The van der Waals surface area contributed by atoms with E-state index in [0.717, 1.165) is 12.8 Å². The van der Waals surface area contributed by atoms with Crippen LogP contribution >= 0.6 is 0 Å². The third-order valence-electron chi connectivity index (χ3n) is 11.0.